The van der Waals surface area contributed by atoms with Gasteiger partial charge in [-0.15, -0.1) is 0 Å². The van der Waals surface area contributed by atoms with Crippen LogP contribution in [0.25, 0.3) is 49.7 Å². The first kappa shape index (κ1) is 23.2. The quantitative estimate of drug-likeness (QED) is 0.175. The molecule has 0 aliphatic rings. The maximum atomic E-state index is 6.18. The minimum Gasteiger partial charge on any atom is -0.283 e. The van der Waals surface area contributed by atoms with E-state index >= 15 is 0 Å². The number of benzene rings is 4. The van der Waals surface area contributed by atoms with E-state index in [0.717, 1.165) is 67.0 Å². The van der Waals surface area contributed by atoms with Gasteiger partial charge >= 0.3 is 0 Å². The van der Waals surface area contributed by atoms with Crippen LogP contribution in [0.3, 0.4) is 0 Å². The topological polar surface area (TPSA) is 67.1 Å². The minimum atomic E-state index is 0.687. The average molecular weight is 527 g/mol. The molecule has 0 saturated heterocycles. The first-order chi connectivity index (χ1) is 19.2. The highest BCUT2D eigenvalue weighted by atomic mass is 35.5. The Kier molecular flexibility index (Phi) is 5.60. The smallest absolute Gasteiger partial charge is 0.166 e. The number of aryl methyl sites for hydroxylation is 1. The number of pyridine rings is 1. The number of halogens is 1. The van der Waals surface area contributed by atoms with Gasteiger partial charge in [-0.05, 0) is 36.1 Å². The Balaban J connectivity index is 1.38. The van der Waals surface area contributed by atoms with Gasteiger partial charge < -0.3 is 0 Å². The Hall–Kier alpha value is -4.94. The number of aromatic nitrogens is 4. The Morgan fingerprint density at radius 3 is 2.15 bits per heavy atom. The van der Waals surface area contributed by atoms with E-state index < -0.39 is 0 Å². The van der Waals surface area contributed by atoms with Gasteiger partial charge in [-0.2, -0.15) is 9.61 Å². The van der Waals surface area contributed by atoms with Gasteiger partial charge in [0.05, 0.1) is 16.9 Å². The van der Waals surface area contributed by atoms with Crippen LogP contribution in [0.4, 0.5) is 11.6 Å². The number of nitrogens with zero attached hydrogens (tertiary/aromatic N) is 4. The summed E-state index contributed by atoms with van der Waals surface area (Å²) in [6, 6.07) is 36.4. The summed E-state index contributed by atoms with van der Waals surface area (Å²) in [6.07, 6.45) is 0. The first-order valence-electron chi connectivity index (χ1n) is 12.7. The number of hydrazine groups is 1. The van der Waals surface area contributed by atoms with Gasteiger partial charge in [0, 0.05) is 33.0 Å². The summed E-state index contributed by atoms with van der Waals surface area (Å²) in [5, 5.41) is 8.83. The SMILES string of the molecule is Cc1nn2c(NNc3nc4ccccc4c4ccccc34)cc(-c3ccccc3)nc2c1-c1ccc(Cl)cc1. The third-order valence-electron chi connectivity index (χ3n) is 6.88. The zero-order valence-electron chi connectivity index (χ0n) is 21.1. The highest BCUT2D eigenvalue weighted by molar-refractivity contribution is 6.30. The van der Waals surface area contributed by atoms with Crippen LogP contribution in [0.1, 0.15) is 5.69 Å². The van der Waals surface area contributed by atoms with Crippen LogP contribution in [0.5, 0.6) is 0 Å². The maximum absolute atomic E-state index is 6.18. The number of hydrogen-bond acceptors (Lipinski definition) is 5. The number of anilines is 2. The highest BCUT2D eigenvalue weighted by Gasteiger charge is 2.18. The number of fused-ring (bicyclic) bond motifs is 4. The molecule has 188 valence electrons. The van der Waals surface area contributed by atoms with Crippen molar-refractivity contribution in [3.8, 4) is 22.4 Å². The summed E-state index contributed by atoms with van der Waals surface area (Å²) in [4.78, 5) is 9.98. The van der Waals surface area contributed by atoms with Crippen LogP contribution in [0, 0.1) is 6.92 Å². The molecule has 3 heterocycles. The van der Waals surface area contributed by atoms with Gasteiger partial charge in [0.1, 0.15) is 0 Å². The summed E-state index contributed by atoms with van der Waals surface area (Å²) >= 11 is 6.18. The highest BCUT2D eigenvalue weighted by Crippen LogP contribution is 2.33. The molecule has 7 rings (SSSR count). The molecule has 3 aromatic heterocycles. The number of nitrogens with one attached hydrogen (secondary N) is 2. The largest absolute Gasteiger partial charge is 0.283 e. The van der Waals surface area contributed by atoms with Crippen molar-refractivity contribution in [2.24, 2.45) is 0 Å². The zero-order valence-corrected chi connectivity index (χ0v) is 21.8. The van der Waals surface area contributed by atoms with Crippen molar-refractivity contribution in [2.45, 2.75) is 6.92 Å². The van der Waals surface area contributed by atoms with E-state index in [9.17, 15) is 0 Å². The van der Waals surface area contributed by atoms with Crippen molar-refractivity contribution < 1.29 is 0 Å². The van der Waals surface area contributed by atoms with Crippen LogP contribution in [0.2, 0.25) is 5.02 Å². The summed E-state index contributed by atoms with van der Waals surface area (Å²) in [5.41, 5.74) is 13.1. The Bertz CT molecular complexity index is 1980. The maximum Gasteiger partial charge on any atom is 0.166 e. The molecule has 6 nitrogen and oxygen atoms in total. The monoisotopic (exact) mass is 526 g/mol. The van der Waals surface area contributed by atoms with Crippen LogP contribution < -0.4 is 10.9 Å². The Morgan fingerprint density at radius 2 is 1.36 bits per heavy atom. The molecule has 0 aliphatic heterocycles. The number of hydrogen-bond donors (Lipinski definition) is 2. The third-order valence-corrected chi connectivity index (χ3v) is 7.14. The molecular weight excluding hydrogens is 504 g/mol. The molecule has 0 aliphatic carbocycles. The van der Waals surface area contributed by atoms with Crippen molar-refractivity contribution in [3.05, 3.63) is 120 Å². The predicted molar refractivity (Wildman–Crippen MR) is 160 cm³/mol. The van der Waals surface area contributed by atoms with E-state index in [1.54, 1.807) is 0 Å². The molecule has 0 atom stereocenters. The molecule has 0 radical (unpaired) electrons. The molecule has 39 heavy (non-hydrogen) atoms. The fourth-order valence-electron chi connectivity index (χ4n) is 5.05. The van der Waals surface area contributed by atoms with E-state index in [4.69, 9.17) is 26.7 Å². The molecule has 7 aromatic rings. The van der Waals surface area contributed by atoms with Crippen molar-refractivity contribution in [1.82, 2.24) is 19.6 Å². The predicted octanol–water partition coefficient (Wildman–Crippen LogP) is 8.17. The zero-order chi connectivity index (χ0) is 26.3. The summed E-state index contributed by atoms with van der Waals surface area (Å²) in [5.74, 6) is 1.47. The molecule has 2 N–H and O–H groups in total. The Morgan fingerprint density at radius 1 is 0.667 bits per heavy atom. The van der Waals surface area contributed by atoms with E-state index in [0.29, 0.717) is 5.02 Å². The van der Waals surface area contributed by atoms with Gasteiger partial charge in [0.15, 0.2) is 17.3 Å². The van der Waals surface area contributed by atoms with E-state index in [1.807, 2.05) is 84.2 Å². The van der Waals surface area contributed by atoms with Crippen molar-refractivity contribution in [3.63, 3.8) is 0 Å². The number of para-hydroxylation sites is 1. The first-order valence-corrected chi connectivity index (χ1v) is 13.0. The van der Waals surface area contributed by atoms with E-state index in [-0.39, 0.29) is 0 Å². The molecule has 0 spiro atoms. The molecule has 0 fully saturated rings. The molecule has 0 bridgehead atoms. The second-order valence-electron chi connectivity index (χ2n) is 9.37. The normalized spacial score (nSPS) is 11.3. The molecule has 7 heteroatoms. The lowest BCUT2D eigenvalue weighted by Crippen LogP contribution is -2.14. The Labute approximate surface area is 229 Å². The second kappa shape index (κ2) is 9.42. The van der Waals surface area contributed by atoms with Gasteiger partial charge in [0.25, 0.3) is 0 Å². The molecule has 4 aromatic carbocycles. The molecule has 0 amide bonds. The lowest BCUT2D eigenvalue weighted by atomic mass is 10.1. The molecule has 0 unspecified atom stereocenters. The van der Waals surface area contributed by atoms with Gasteiger partial charge in [0.2, 0.25) is 0 Å². The van der Waals surface area contributed by atoms with Crippen LogP contribution in [-0.4, -0.2) is 19.6 Å². The van der Waals surface area contributed by atoms with Crippen molar-refractivity contribution in [1.29, 1.82) is 0 Å². The lowest BCUT2D eigenvalue weighted by Gasteiger charge is -2.15. The molecule has 0 saturated carbocycles. The second-order valence-corrected chi connectivity index (χ2v) is 9.80. The van der Waals surface area contributed by atoms with E-state index in [2.05, 4.69) is 47.2 Å². The fourth-order valence-corrected chi connectivity index (χ4v) is 5.17. The van der Waals surface area contributed by atoms with Crippen molar-refractivity contribution >= 4 is 50.6 Å². The van der Waals surface area contributed by atoms with Gasteiger partial charge in [-0.25, -0.2) is 9.97 Å². The summed E-state index contributed by atoms with van der Waals surface area (Å²) in [6.45, 7) is 2.00. The fraction of sp³-hybridized carbons (Fsp3) is 0.0312. The minimum absolute atomic E-state index is 0.687. The third kappa shape index (κ3) is 4.11. The number of rotatable bonds is 5. The van der Waals surface area contributed by atoms with Gasteiger partial charge in [-0.1, -0.05) is 96.5 Å². The van der Waals surface area contributed by atoms with Gasteiger partial charge in [-0.3, -0.25) is 10.9 Å². The van der Waals surface area contributed by atoms with Crippen LogP contribution in [0.15, 0.2) is 109 Å². The van der Waals surface area contributed by atoms with Crippen LogP contribution in [-0.2, 0) is 0 Å². The lowest BCUT2D eigenvalue weighted by molar-refractivity contribution is 0.921. The standard InChI is InChI=1S/C32H23ClN6/c1-20-30(22-15-17-23(33)18-16-22)32-35-28(21-9-3-2-4-10-21)19-29(39(32)38-20)36-37-31-26-13-6-5-11-24(26)25-12-7-8-14-27(25)34-31/h2-19,36H,1H3,(H,34,37). The van der Waals surface area contributed by atoms with E-state index in [1.165, 1.54) is 0 Å². The molecular formula is C32H23ClN6. The summed E-state index contributed by atoms with van der Waals surface area (Å²) in [7, 11) is 0. The van der Waals surface area contributed by atoms with Crippen molar-refractivity contribution in [2.75, 3.05) is 10.9 Å². The van der Waals surface area contributed by atoms with Crippen LogP contribution >= 0.6 is 11.6 Å². The summed E-state index contributed by atoms with van der Waals surface area (Å²) < 4.78 is 1.84. The average Bonchev–Trinajstić information content (AvgIpc) is 3.32.